The predicted octanol–water partition coefficient (Wildman–Crippen LogP) is 5.53. The molecule has 3 aromatic rings. The first-order valence-electron chi connectivity index (χ1n) is 11.1. The molecule has 1 N–H and O–H groups in total. The van der Waals surface area contributed by atoms with E-state index in [2.05, 4.69) is 46.6 Å². The standard InChI is InChI=1S/C27H30N2O2/c1-3-31-25-16-14-22(15-17-25)20(2)28-27(30)24-12-10-21(11-13-24)19-29-18-6-8-23-7-4-5-9-26(23)29/h4-5,7,9-17,20H,3,6,8,18-19H2,1-2H3,(H,28,30)/t20-/m0/s1. The summed E-state index contributed by atoms with van der Waals surface area (Å²) in [6, 6.07) is 24.4. The summed E-state index contributed by atoms with van der Waals surface area (Å²) < 4.78 is 5.49. The summed E-state index contributed by atoms with van der Waals surface area (Å²) >= 11 is 0. The van der Waals surface area contributed by atoms with Gasteiger partial charge in [0, 0.05) is 24.3 Å². The van der Waals surface area contributed by atoms with Gasteiger partial charge in [-0.3, -0.25) is 4.79 Å². The van der Waals surface area contributed by atoms with Gasteiger partial charge >= 0.3 is 0 Å². The number of nitrogens with zero attached hydrogens (tertiary/aromatic N) is 1. The average molecular weight is 415 g/mol. The number of fused-ring (bicyclic) bond motifs is 1. The fourth-order valence-electron chi connectivity index (χ4n) is 4.14. The van der Waals surface area contributed by atoms with Gasteiger partial charge in [-0.15, -0.1) is 0 Å². The maximum Gasteiger partial charge on any atom is 0.251 e. The van der Waals surface area contributed by atoms with Crippen LogP contribution >= 0.6 is 0 Å². The molecule has 0 saturated carbocycles. The first kappa shape index (κ1) is 21.0. The predicted molar refractivity (Wildman–Crippen MR) is 126 cm³/mol. The Kier molecular flexibility index (Phi) is 6.56. The molecule has 0 saturated heterocycles. The van der Waals surface area contributed by atoms with Crippen LogP contribution in [0.4, 0.5) is 5.69 Å². The zero-order valence-electron chi connectivity index (χ0n) is 18.3. The summed E-state index contributed by atoms with van der Waals surface area (Å²) in [5, 5.41) is 3.09. The second kappa shape index (κ2) is 9.69. The summed E-state index contributed by atoms with van der Waals surface area (Å²) in [4.78, 5) is 15.1. The van der Waals surface area contributed by atoms with Crippen LogP contribution in [0.5, 0.6) is 5.75 Å². The second-order valence-corrected chi connectivity index (χ2v) is 8.05. The molecule has 0 radical (unpaired) electrons. The Morgan fingerprint density at radius 3 is 2.52 bits per heavy atom. The molecule has 0 fully saturated rings. The lowest BCUT2D eigenvalue weighted by molar-refractivity contribution is 0.0940. The molecule has 1 amide bonds. The van der Waals surface area contributed by atoms with E-state index in [0.717, 1.165) is 30.8 Å². The van der Waals surface area contributed by atoms with Gasteiger partial charge in [0.1, 0.15) is 5.75 Å². The lowest BCUT2D eigenvalue weighted by atomic mass is 10.0. The van der Waals surface area contributed by atoms with E-state index in [1.807, 2.05) is 50.2 Å². The highest BCUT2D eigenvalue weighted by Crippen LogP contribution is 2.28. The molecule has 4 heteroatoms. The fourth-order valence-corrected chi connectivity index (χ4v) is 4.14. The lowest BCUT2D eigenvalue weighted by Crippen LogP contribution is -2.29. The number of ether oxygens (including phenoxy) is 1. The van der Waals surface area contributed by atoms with E-state index in [4.69, 9.17) is 4.74 Å². The maximum atomic E-state index is 12.7. The van der Waals surface area contributed by atoms with Crippen LogP contribution < -0.4 is 15.0 Å². The molecule has 1 atom stereocenters. The molecule has 4 rings (SSSR count). The number of benzene rings is 3. The molecular weight excluding hydrogens is 384 g/mol. The van der Waals surface area contributed by atoms with Crippen molar-refractivity contribution in [3.63, 3.8) is 0 Å². The monoisotopic (exact) mass is 414 g/mol. The van der Waals surface area contributed by atoms with E-state index in [1.165, 1.54) is 23.2 Å². The number of hydrogen-bond acceptors (Lipinski definition) is 3. The number of amides is 1. The minimum absolute atomic E-state index is 0.0590. The van der Waals surface area contributed by atoms with Crippen molar-refractivity contribution >= 4 is 11.6 Å². The van der Waals surface area contributed by atoms with Crippen LogP contribution in [0.25, 0.3) is 0 Å². The van der Waals surface area contributed by atoms with Crippen molar-refractivity contribution in [2.45, 2.75) is 39.3 Å². The number of carbonyl (C=O) groups excluding carboxylic acids is 1. The number of carbonyl (C=O) groups is 1. The minimum Gasteiger partial charge on any atom is -0.494 e. The van der Waals surface area contributed by atoms with Crippen LogP contribution in [0.3, 0.4) is 0 Å². The largest absolute Gasteiger partial charge is 0.494 e. The van der Waals surface area contributed by atoms with Crippen LogP contribution in [-0.4, -0.2) is 19.1 Å². The van der Waals surface area contributed by atoms with E-state index in [1.54, 1.807) is 0 Å². The number of para-hydroxylation sites is 1. The molecule has 0 spiro atoms. The van der Waals surface area contributed by atoms with Gasteiger partial charge in [0.25, 0.3) is 5.91 Å². The van der Waals surface area contributed by atoms with Crippen molar-refractivity contribution in [1.82, 2.24) is 5.32 Å². The van der Waals surface area contributed by atoms with Crippen molar-refractivity contribution in [3.05, 3.63) is 95.1 Å². The van der Waals surface area contributed by atoms with E-state index in [0.29, 0.717) is 12.2 Å². The summed E-state index contributed by atoms with van der Waals surface area (Å²) in [5.41, 5.74) is 5.71. The Bertz CT molecular complexity index is 1010. The highest BCUT2D eigenvalue weighted by molar-refractivity contribution is 5.94. The molecule has 160 valence electrons. The van der Waals surface area contributed by atoms with Gasteiger partial charge in [-0.1, -0.05) is 42.5 Å². The Morgan fingerprint density at radius 2 is 1.77 bits per heavy atom. The van der Waals surface area contributed by atoms with Crippen molar-refractivity contribution < 1.29 is 9.53 Å². The van der Waals surface area contributed by atoms with Crippen molar-refractivity contribution in [1.29, 1.82) is 0 Å². The fraction of sp³-hybridized carbons (Fsp3) is 0.296. The Balaban J connectivity index is 1.37. The Labute approximate surface area is 184 Å². The molecule has 1 heterocycles. The molecule has 4 nitrogen and oxygen atoms in total. The highest BCUT2D eigenvalue weighted by atomic mass is 16.5. The third-order valence-electron chi connectivity index (χ3n) is 5.83. The van der Waals surface area contributed by atoms with Crippen molar-refractivity contribution in [2.75, 3.05) is 18.1 Å². The van der Waals surface area contributed by atoms with Gasteiger partial charge in [-0.05, 0) is 73.7 Å². The number of aryl methyl sites for hydroxylation is 1. The van der Waals surface area contributed by atoms with Gasteiger partial charge in [-0.2, -0.15) is 0 Å². The highest BCUT2D eigenvalue weighted by Gasteiger charge is 2.17. The molecule has 1 aliphatic heterocycles. The lowest BCUT2D eigenvalue weighted by Gasteiger charge is -2.31. The smallest absolute Gasteiger partial charge is 0.251 e. The Hall–Kier alpha value is -3.27. The van der Waals surface area contributed by atoms with E-state index >= 15 is 0 Å². The molecule has 0 aromatic heterocycles. The first-order chi connectivity index (χ1) is 15.1. The molecule has 0 unspecified atom stereocenters. The number of hydrogen-bond donors (Lipinski definition) is 1. The topological polar surface area (TPSA) is 41.6 Å². The summed E-state index contributed by atoms with van der Waals surface area (Å²) in [6.45, 7) is 6.54. The van der Waals surface area contributed by atoms with E-state index in [-0.39, 0.29) is 11.9 Å². The maximum absolute atomic E-state index is 12.7. The number of rotatable bonds is 7. The molecule has 1 aliphatic rings. The molecule has 0 aliphatic carbocycles. The van der Waals surface area contributed by atoms with Crippen LogP contribution in [-0.2, 0) is 13.0 Å². The van der Waals surface area contributed by atoms with Crippen molar-refractivity contribution in [3.8, 4) is 5.75 Å². The average Bonchev–Trinajstić information content (AvgIpc) is 2.80. The van der Waals surface area contributed by atoms with Gasteiger partial charge in [-0.25, -0.2) is 0 Å². The van der Waals surface area contributed by atoms with Crippen LogP contribution in [0.2, 0.25) is 0 Å². The van der Waals surface area contributed by atoms with Crippen molar-refractivity contribution in [2.24, 2.45) is 0 Å². The summed E-state index contributed by atoms with van der Waals surface area (Å²) in [5.74, 6) is 0.785. The molecule has 0 bridgehead atoms. The second-order valence-electron chi connectivity index (χ2n) is 8.05. The summed E-state index contributed by atoms with van der Waals surface area (Å²) in [7, 11) is 0. The van der Waals surface area contributed by atoms with E-state index in [9.17, 15) is 4.79 Å². The van der Waals surface area contributed by atoms with Crippen LogP contribution in [0.1, 0.15) is 53.4 Å². The SMILES string of the molecule is CCOc1ccc([C@H](C)NC(=O)c2ccc(CN3CCCc4ccccc43)cc2)cc1. The molecular formula is C27H30N2O2. The zero-order chi connectivity index (χ0) is 21.6. The first-order valence-corrected chi connectivity index (χ1v) is 11.1. The zero-order valence-corrected chi connectivity index (χ0v) is 18.3. The van der Waals surface area contributed by atoms with Gasteiger partial charge in [0.15, 0.2) is 0 Å². The van der Waals surface area contributed by atoms with Gasteiger partial charge < -0.3 is 15.0 Å². The number of nitrogens with one attached hydrogen (secondary N) is 1. The number of anilines is 1. The minimum atomic E-state index is -0.0762. The third kappa shape index (κ3) is 5.08. The third-order valence-corrected chi connectivity index (χ3v) is 5.83. The Morgan fingerprint density at radius 1 is 1.03 bits per heavy atom. The van der Waals surface area contributed by atoms with E-state index < -0.39 is 0 Å². The quantitative estimate of drug-likeness (QED) is 0.553. The van der Waals surface area contributed by atoms with Gasteiger partial charge in [0.2, 0.25) is 0 Å². The van der Waals surface area contributed by atoms with Crippen LogP contribution in [0.15, 0.2) is 72.8 Å². The summed E-state index contributed by atoms with van der Waals surface area (Å²) in [6.07, 6.45) is 2.33. The molecule has 3 aromatic carbocycles. The molecule has 31 heavy (non-hydrogen) atoms. The normalized spacial score (nSPS) is 13.9. The van der Waals surface area contributed by atoms with Crippen LogP contribution in [0, 0.1) is 0 Å². The van der Waals surface area contributed by atoms with Gasteiger partial charge in [0.05, 0.1) is 12.6 Å².